The highest BCUT2D eigenvalue weighted by molar-refractivity contribution is 14.0. The Hall–Kier alpha value is -1.08. The van der Waals surface area contributed by atoms with Gasteiger partial charge in [0, 0.05) is 26.7 Å². The maximum Gasteiger partial charge on any atom is 0.193 e. The number of rotatable bonds is 7. The smallest absolute Gasteiger partial charge is 0.193 e. The van der Waals surface area contributed by atoms with Crippen molar-refractivity contribution < 1.29 is 4.74 Å². The lowest BCUT2D eigenvalue weighted by atomic mass is 10.1. The van der Waals surface area contributed by atoms with Gasteiger partial charge in [-0.05, 0) is 37.3 Å². The largest absolute Gasteiger partial charge is 0.377 e. The van der Waals surface area contributed by atoms with E-state index in [4.69, 9.17) is 9.73 Å². The summed E-state index contributed by atoms with van der Waals surface area (Å²) >= 11 is 0. The fraction of sp³-hybridized carbons (Fsp3) is 0.550. The first-order valence-corrected chi connectivity index (χ1v) is 9.05. The number of benzene rings is 1. The molecule has 0 bridgehead atoms. The molecular weight excluding hydrogens is 425 g/mol. The molecule has 25 heavy (non-hydrogen) atoms. The van der Waals surface area contributed by atoms with E-state index in [0.717, 1.165) is 58.1 Å². The van der Waals surface area contributed by atoms with Crippen LogP contribution in [0.1, 0.15) is 37.8 Å². The van der Waals surface area contributed by atoms with Crippen LogP contribution in [0.5, 0.6) is 0 Å². The fourth-order valence-electron chi connectivity index (χ4n) is 2.80. The third-order valence-corrected chi connectivity index (χ3v) is 4.30. The van der Waals surface area contributed by atoms with Crippen LogP contribution < -0.4 is 5.32 Å². The molecule has 0 spiro atoms. The average molecular weight is 457 g/mol. The molecule has 1 aromatic carbocycles. The van der Waals surface area contributed by atoms with Crippen LogP contribution in [0, 0.1) is 0 Å². The lowest BCUT2D eigenvalue weighted by molar-refractivity contribution is 0.153. The van der Waals surface area contributed by atoms with Crippen molar-refractivity contribution in [2.45, 2.75) is 39.7 Å². The van der Waals surface area contributed by atoms with E-state index in [2.05, 4.69) is 61.5 Å². The molecule has 140 valence electrons. The lowest BCUT2D eigenvalue weighted by Gasteiger charge is -2.22. The predicted octanol–water partition coefficient (Wildman–Crippen LogP) is 4.00. The summed E-state index contributed by atoms with van der Waals surface area (Å²) in [5.74, 6) is 0.977. The predicted molar refractivity (Wildman–Crippen MR) is 117 cm³/mol. The SMILES string of the molecule is CCNC(=NCCC1=CCOCC1)N(C)Cc1ccc(CC)cc1.I. The van der Waals surface area contributed by atoms with E-state index in [9.17, 15) is 0 Å². The number of aliphatic imine (C=N–C) groups is 1. The molecule has 0 aliphatic carbocycles. The first kappa shape index (κ1) is 22.0. The van der Waals surface area contributed by atoms with Gasteiger partial charge in [-0.25, -0.2) is 0 Å². The Balaban J connectivity index is 0.00000312. The minimum Gasteiger partial charge on any atom is -0.377 e. The van der Waals surface area contributed by atoms with Crippen molar-refractivity contribution in [3.63, 3.8) is 0 Å². The molecule has 0 saturated carbocycles. The molecule has 1 aromatic rings. The fourth-order valence-corrected chi connectivity index (χ4v) is 2.80. The number of halogens is 1. The van der Waals surface area contributed by atoms with Crippen molar-refractivity contribution in [2.24, 2.45) is 4.99 Å². The Morgan fingerprint density at radius 2 is 1.92 bits per heavy atom. The molecule has 0 atom stereocenters. The Morgan fingerprint density at radius 3 is 2.52 bits per heavy atom. The van der Waals surface area contributed by atoms with Crippen LogP contribution >= 0.6 is 24.0 Å². The summed E-state index contributed by atoms with van der Waals surface area (Å²) < 4.78 is 5.35. The average Bonchev–Trinajstić information content (AvgIpc) is 2.62. The molecule has 1 N–H and O–H groups in total. The minimum absolute atomic E-state index is 0. The third kappa shape index (κ3) is 7.77. The highest BCUT2D eigenvalue weighted by Crippen LogP contribution is 2.12. The number of ether oxygens (including phenoxy) is 1. The van der Waals surface area contributed by atoms with Gasteiger partial charge in [-0.1, -0.05) is 42.8 Å². The number of guanidine groups is 1. The molecule has 0 aromatic heterocycles. The zero-order valence-corrected chi connectivity index (χ0v) is 18.1. The molecule has 1 aliphatic rings. The topological polar surface area (TPSA) is 36.9 Å². The lowest BCUT2D eigenvalue weighted by Crippen LogP contribution is -2.38. The Labute approximate surface area is 169 Å². The van der Waals surface area contributed by atoms with Gasteiger partial charge in [-0.15, -0.1) is 24.0 Å². The molecule has 0 saturated heterocycles. The summed E-state index contributed by atoms with van der Waals surface area (Å²) in [7, 11) is 2.10. The third-order valence-electron chi connectivity index (χ3n) is 4.30. The normalized spacial score (nSPS) is 14.5. The van der Waals surface area contributed by atoms with Crippen LogP contribution in [0.3, 0.4) is 0 Å². The quantitative estimate of drug-likeness (QED) is 0.291. The molecular formula is C20H32IN3O. The number of nitrogens with one attached hydrogen (secondary N) is 1. The van der Waals surface area contributed by atoms with Crippen LogP contribution in [0.25, 0.3) is 0 Å². The van der Waals surface area contributed by atoms with E-state index < -0.39 is 0 Å². The number of hydrogen-bond donors (Lipinski definition) is 1. The molecule has 2 rings (SSSR count). The van der Waals surface area contributed by atoms with Gasteiger partial charge in [0.25, 0.3) is 0 Å². The summed E-state index contributed by atoms with van der Waals surface area (Å²) in [4.78, 5) is 6.98. The van der Waals surface area contributed by atoms with Gasteiger partial charge in [-0.3, -0.25) is 4.99 Å². The maximum atomic E-state index is 5.35. The monoisotopic (exact) mass is 457 g/mol. The second-order valence-electron chi connectivity index (χ2n) is 6.20. The minimum atomic E-state index is 0. The molecule has 4 nitrogen and oxygen atoms in total. The van der Waals surface area contributed by atoms with Gasteiger partial charge >= 0.3 is 0 Å². The van der Waals surface area contributed by atoms with Crippen LogP contribution in [0.2, 0.25) is 0 Å². The van der Waals surface area contributed by atoms with Crippen LogP contribution in [-0.4, -0.2) is 44.2 Å². The zero-order chi connectivity index (χ0) is 17.2. The van der Waals surface area contributed by atoms with Crippen LogP contribution in [-0.2, 0) is 17.7 Å². The Bertz CT molecular complexity index is 555. The van der Waals surface area contributed by atoms with Gasteiger partial charge in [0.15, 0.2) is 5.96 Å². The van der Waals surface area contributed by atoms with Gasteiger partial charge in [0.05, 0.1) is 13.2 Å². The summed E-state index contributed by atoms with van der Waals surface area (Å²) in [5, 5.41) is 3.39. The second kappa shape index (κ2) is 12.3. The first-order valence-electron chi connectivity index (χ1n) is 9.05. The molecule has 0 amide bonds. The van der Waals surface area contributed by atoms with E-state index in [1.807, 2.05) is 0 Å². The van der Waals surface area contributed by atoms with E-state index in [1.165, 1.54) is 16.7 Å². The van der Waals surface area contributed by atoms with Crippen molar-refractivity contribution in [3.8, 4) is 0 Å². The summed E-state index contributed by atoms with van der Waals surface area (Å²) in [6.07, 6.45) is 5.36. The summed E-state index contributed by atoms with van der Waals surface area (Å²) in [5.41, 5.74) is 4.16. The van der Waals surface area contributed by atoms with Gasteiger partial charge < -0.3 is 15.0 Å². The number of aryl methyl sites for hydroxylation is 1. The highest BCUT2D eigenvalue weighted by Gasteiger charge is 2.07. The molecule has 0 fully saturated rings. The standard InChI is InChI=1S/C20H31N3O.HI/c1-4-17-6-8-19(9-7-17)16-23(3)20(21-5-2)22-13-10-18-11-14-24-15-12-18;/h6-9,11H,4-5,10,12-16H2,1-3H3,(H,21,22);1H. The number of nitrogens with zero attached hydrogens (tertiary/aromatic N) is 2. The van der Waals surface area contributed by atoms with E-state index >= 15 is 0 Å². The van der Waals surface area contributed by atoms with Crippen molar-refractivity contribution >= 4 is 29.9 Å². The second-order valence-corrected chi connectivity index (χ2v) is 6.20. The molecule has 0 radical (unpaired) electrons. The van der Waals surface area contributed by atoms with Crippen molar-refractivity contribution in [3.05, 3.63) is 47.0 Å². The Morgan fingerprint density at radius 1 is 1.20 bits per heavy atom. The van der Waals surface area contributed by atoms with Crippen LogP contribution in [0.4, 0.5) is 0 Å². The molecule has 0 unspecified atom stereocenters. The van der Waals surface area contributed by atoms with E-state index in [-0.39, 0.29) is 24.0 Å². The van der Waals surface area contributed by atoms with Gasteiger partial charge in [0.2, 0.25) is 0 Å². The Kier molecular flexibility index (Phi) is 10.8. The van der Waals surface area contributed by atoms with Gasteiger partial charge in [0.1, 0.15) is 0 Å². The van der Waals surface area contributed by atoms with Crippen LogP contribution in [0.15, 0.2) is 40.9 Å². The summed E-state index contributed by atoms with van der Waals surface area (Å²) in [6.45, 7) is 8.48. The zero-order valence-electron chi connectivity index (χ0n) is 15.8. The number of hydrogen-bond acceptors (Lipinski definition) is 2. The van der Waals surface area contributed by atoms with E-state index in [0.29, 0.717) is 0 Å². The van der Waals surface area contributed by atoms with Crippen molar-refractivity contribution in [1.82, 2.24) is 10.2 Å². The van der Waals surface area contributed by atoms with Crippen molar-refractivity contribution in [2.75, 3.05) is 33.4 Å². The first-order chi connectivity index (χ1) is 11.7. The summed E-state index contributed by atoms with van der Waals surface area (Å²) in [6, 6.07) is 8.85. The van der Waals surface area contributed by atoms with E-state index in [1.54, 1.807) is 0 Å². The highest BCUT2D eigenvalue weighted by atomic mass is 127. The molecule has 1 aliphatic heterocycles. The molecule has 1 heterocycles. The maximum absolute atomic E-state index is 5.35. The van der Waals surface area contributed by atoms with Crippen molar-refractivity contribution in [1.29, 1.82) is 0 Å². The molecule has 5 heteroatoms. The van der Waals surface area contributed by atoms with Gasteiger partial charge in [-0.2, -0.15) is 0 Å².